The van der Waals surface area contributed by atoms with Crippen LogP contribution < -0.4 is 0 Å². The zero-order valence-electron chi connectivity index (χ0n) is 4.70. The molecule has 0 N–H and O–H groups in total. The topological polar surface area (TPSA) is 17.1 Å². The molecule has 58 valence electrons. The third-order valence-electron chi connectivity index (χ3n) is 0.133. The maximum atomic E-state index is 9.69. The highest BCUT2D eigenvalue weighted by Gasteiger charge is 1.79. The molecule has 7 heteroatoms. The Labute approximate surface area is 76.1 Å². The zero-order chi connectivity index (χ0) is 8.28. The molecule has 9 heavy (non-hydrogen) atoms. The monoisotopic (exact) mass is 246 g/mol. The van der Waals surface area contributed by atoms with Crippen LogP contribution in [0.1, 0.15) is 6.92 Å². The molecule has 0 aliphatic heterocycles. The van der Waals surface area contributed by atoms with Gasteiger partial charge in [0.2, 0.25) is 0 Å². The van der Waals surface area contributed by atoms with Crippen LogP contribution in [0.2, 0.25) is 0 Å². The predicted octanol–water partition coefficient (Wildman–Crippen LogP) is 3.40. The van der Waals surface area contributed by atoms with E-state index in [1.54, 1.807) is 0 Å². The summed E-state index contributed by atoms with van der Waals surface area (Å²) in [6.07, 6.45) is 0. The molecule has 0 bridgehead atoms. The predicted molar refractivity (Wildman–Crippen MR) is 56.0 cm³/mol. The van der Waals surface area contributed by atoms with E-state index in [9.17, 15) is 4.79 Å². The molecule has 0 aliphatic carbocycles. The Bertz CT molecular complexity index is 52.3. The molecule has 0 heterocycles. The summed E-state index contributed by atoms with van der Waals surface area (Å²) < 4.78 is 0. The second kappa shape index (κ2) is 22.5. The Morgan fingerprint density at radius 3 is 1.44 bits per heavy atom. The van der Waals surface area contributed by atoms with Gasteiger partial charge in [-0.25, -0.2) is 0 Å². The van der Waals surface area contributed by atoms with Crippen LogP contribution in [0.3, 0.4) is 0 Å². The smallest absolute Gasteiger partial charge is 0.163 e. The van der Waals surface area contributed by atoms with Gasteiger partial charge >= 0.3 is 0 Å². The van der Waals surface area contributed by atoms with Gasteiger partial charge in [0, 0.05) is 7.93 Å². The largest absolute Gasteiger partial charge is 0.294 e. The normalized spacial score (nSPS) is 6.89. The Hall–Kier alpha value is 1.83. The maximum absolute atomic E-state index is 9.69. The van der Waals surface area contributed by atoms with Gasteiger partial charge in [-0.05, 0) is 24.1 Å². The molecule has 3 unspecified atom stereocenters. The van der Waals surface area contributed by atoms with Crippen molar-refractivity contribution in [3.8, 4) is 0 Å². The molecular formula is C2H8Cl3OP3. The van der Waals surface area contributed by atoms with Crippen LogP contribution in [0.25, 0.3) is 0 Å². The van der Waals surface area contributed by atoms with Crippen LogP contribution >= 0.6 is 58.8 Å². The average Bonchev–Trinajstić information content (AvgIpc) is 1.97. The minimum absolute atomic E-state index is 0.0478. The molecule has 0 amide bonds. The lowest BCUT2D eigenvalue weighted by Crippen LogP contribution is -1.65. The first-order chi connectivity index (χ1) is 4.27. The Morgan fingerprint density at radius 1 is 1.33 bits per heavy atom. The third kappa shape index (κ3) is 41.1. The number of halogens is 3. The first kappa shape index (κ1) is 17.1. The van der Waals surface area contributed by atoms with Crippen molar-refractivity contribution in [1.82, 2.24) is 0 Å². The number of carbonyl (C=O) groups is 1. The lowest BCUT2D eigenvalue weighted by atomic mass is 10.9. The summed E-state index contributed by atoms with van der Waals surface area (Å²) in [5.74, 6) is 0. The van der Waals surface area contributed by atoms with E-state index in [2.05, 4.69) is 22.5 Å². The van der Waals surface area contributed by atoms with Crippen molar-refractivity contribution >= 4 is 64.4 Å². The Kier molecular flexibility index (Phi) is 42.8. The third-order valence-corrected chi connectivity index (χ3v) is 1.20. The van der Waals surface area contributed by atoms with Gasteiger partial charge in [0.25, 0.3) is 0 Å². The van der Waals surface area contributed by atoms with Gasteiger partial charge in [-0.15, -0.1) is 22.5 Å². The minimum atomic E-state index is -0.0525. The summed E-state index contributed by atoms with van der Waals surface area (Å²) in [5.41, 5.74) is 0.0478. The lowest BCUT2D eigenvalue weighted by Gasteiger charge is -1.69. The van der Waals surface area contributed by atoms with Gasteiger partial charge in [-0.2, -0.15) is 0 Å². The Morgan fingerprint density at radius 2 is 1.44 bits per heavy atom. The summed E-state index contributed by atoms with van der Waals surface area (Å²) in [6, 6.07) is 0. The maximum Gasteiger partial charge on any atom is 0.163 e. The van der Waals surface area contributed by atoms with Gasteiger partial charge in [0.05, 0.1) is 0 Å². The summed E-state index contributed by atoms with van der Waals surface area (Å²) in [7, 11) is 3.73. The lowest BCUT2D eigenvalue weighted by molar-refractivity contribution is -0.109. The van der Waals surface area contributed by atoms with E-state index >= 15 is 0 Å². The van der Waals surface area contributed by atoms with Crippen molar-refractivity contribution in [3.63, 3.8) is 0 Å². The van der Waals surface area contributed by atoms with Crippen molar-refractivity contribution < 1.29 is 4.79 Å². The van der Waals surface area contributed by atoms with Gasteiger partial charge in [-0.3, -0.25) is 4.79 Å². The standard InChI is InChI=1S/C2H4ClOP.2ClH2P/c1-2(4)5-3;2*1-2/h5H,1H3;2*2H2. The molecule has 3 atom stereocenters. The van der Waals surface area contributed by atoms with Crippen molar-refractivity contribution in [3.05, 3.63) is 0 Å². The first-order valence-corrected chi connectivity index (χ1v) is 7.08. The van der Waals surface area contributed by atoms with Crippen molar-refractivity contribution in [2.45, 2.75) is 6.92 Å². The number of hydrogen-bond donors (Lipinski definition) is 0. The van der Waals surface area contributed by atoms with Gasteiger partial charge < -0.3 is 0 Å². The molecule has 0 fully saturated rings. The Balaban J connectivity index is -0.0000000771. The first-order valence-electron chi connectivity index (χ1n) is 1.58. The van der Waals surface area contributed by atoms with Crippen molar-refractivity contribution in [2.75, 3.05) is 0 Å². The summed E-state index contributed by atoms with van der Waals surface area (Å²) in [5, 5.41) is 0. The second-order valence-electron chi connectivity index (χ2n) is 0.651. The molecule has 0 rings (SSSR count). The van der Waals surface area contributed by atoms with Crippen LogP contribution in [0.5, 0.6) is 0 Å². The molecule has 0 spiro atoms. The van der Waals surface area contributed by atoms with E-state index in [4.69, 9.17) is 11.2 Å². The molecule has 1 nitrogen and oxygen atoms in total. The molecular weight excluding hydrogens is 239 g/mol. The van der Waals surface area contributed by atoms with E-state index in [0.29, 0.717) is 0 Å². The van der Waals surface area contributed by atoms with Crippen LogP contribution in [0, 0.1) is 0 Å². The number of rotatable bonds is 1. The second-order valence-corrected chi connectivity index (χ2v) is 2.11. The van der Waals surface area contributed by atoms with Gasteiger partial charge in [0.1, 0.15) is 0 Å². The molecule has 0 aromatic rings. The quantitative estimate of drug-likeness (QED) is 0.649. The number of hydrogen-bond acceptors (Lipinski definition) is 1. The molecule has 0 radical (unpaired) electrons. The zero-order valence-corrected chi connectivity index (χ0v) is 10.3. The SMILES string of the molecule is CC(=O)PCl.PCl.PCl. The molecule has 0 saturated carbocycles. The summed E-state index contributed by atoms with van der Waals surface area (Å²) in [6.45, 7) is 1.46. The molecule has 0 aromatic carbocycles. The van der Waals surface area contributed by atoms with Crippen molar-refractivity contribution in [2.24, 2.45) is 0 Å². The summed E-state index contributed by atoms with van der Waals surface area (Å²) >= 11 is 14.1. The fourth-order valence-electron chi connectivity index (χ4n) is 0. The van der Waals surface area contributed by atoms with E-state index in [1.165, 1.54) is 6.92 Å². The van der Waals surface area contributed by atoms with Crippen LogP contribution in [0.4, 0.5) is 0 Å². The highest BCUT2D eigenvalue weighted by atomic mass is 35.7. The summed E-state index contributed by atoms with van der Waals surface area (Å²) in [4.78, 5) is 9.69. The highest BCUT2D eigenvalue weighted by molar-refractivity contribution is 7.82. The van der Waals surface area contributed by atoms with Crippen molar-refractivity contribution in [1.29, 1.82) is 0 Å². The minimum Gasteiger partial charge on any atom is -0.294 e. The van der Waals surface area contributed by atoms with E-state index in [-0.39, 0.29) is 13.5 Å². The van der Waals surface area contributed by atoms with E-state index in [0.717, 1.165) is 0 Å². The molecule has 0 aliphatic rings. The van der Waals surface area contributed by atoms with Crippen LogP contribution in [-0.2, 0) is 4.79 Å². The molecule has 0 aromatic heterocycles. The fraction of sp³-hybridized carbons (Fsp3) is 0.500. The van der Waals surface area contributed by atoms with Gasteiger partial charge in [-0.1, -0.05) is 11.2 Å². The fourth-order valence-corrected chi connectivity index (χ4v) is 0. The van der Waals surface area contributed by atoms with E-state index < -0.39 is 0 Å². The molecule has 0 saturated heterocycles. The van der Waals surface area contributed by atoms with Gasteiger partial charge in [0.15, 0.2) is 5.52 Å². The van der Waals surface area contributed by atoms with Crippen LogP contribution in [-0.4, -0.2) is 5.52 Å². The van der Waals surface area contributed by atoms with Crippen LogP contribution in [0.15, 0.2) is 0 Å². The van der Waals surface area contributed by atoms with E-state index in [1.807, 2.05) is 17.2 Å². The average molecular weight is 247 g/mol. The highest BCUT2D eigenvalue weighted by Crippen LogP contribution is 2.14. The number of carbonyl (C=O) groups excluding carboxylic acids is 1.